The fourth-order valence-corrected chi connectivity index (χ4v) is 15.9. The molecule has 0 radical (unpaired) electrons. The Kier molecular flexibility index (Phi) is 24.2. The Morgan fingerprint density at radius 3 is 1.62 bits per heavy atom. The van der Waals surface area contributed by atoms with E-state index in [1.165, 1.54) is 50.0 Å². The zero-order valence-electron chi connectivity index (χ0n) is 55.4. The first-order valence-corrected chi connectivity index (χ1v) is 34.8. The van der Waals surface area contributed by atoms with Crippen LogP contribution in [0.2, 0.25) is 0 Å². The molecule has 6 fully saturated rings. The first-order chi connectivity index (χ1) is 43.1. The Labute approximate surface area is 546 Å². The quantitative estimate of drug-likeness (QED) is 0.0199. The van der Waals surface area contributed by atoms with Crippen molar-refractivity contribution in [3.63, 3.8) is 0 Å². The van der Waals surface area contributed by atoms with Gasteiger partial charge < -0.3 is 23.9 Å². The van der Waals surface area contributed by atoms with Crippen LogP contribution in [0.15, 0.2) is 103 Å². The van der Waals surface area contributed by atoms with Gasteiger partial charge in [0.2, 0.25) is 17.9 Å². The van der Waals surface area contributed by atoms with Crippen LogP contribution in [-0.2, 0) is 53.9 Å². The van der Waals surface area contributed by atoms with Gasteiger partial charge in [0.15, 0.2) is 19.9 Å². The number of ether oxygens (including phenoxy) is 3. The SMILES string of the molecule is C#CCN1C(=O)C(C)C(C)C1=O.CCC(C)(C)C(=O)OC1(C)CCCC1.CCC(C)(C)C(=O)OC12CC3CC(C1)CC(C(=O)OC(CS(=O)(=O)[O-])C(F)(F)F)(C3)C2.CCC(C)c1ccc(C(C)(O)C(F)(F)F)cc1.c1ccc(-[s+]2c3ccccc3c3ccccc32)cc1. The van der Waals surface area contributed by atoms with Crippen molar-refractivity contribution in [2.75, 3.05) is 12.3 Å². The lowest BCUT2D eigenvalue weighted by atomic mass is 9.48. The Morgan fingerprint density at radius 2 is 1.19 bits per heavy atom. The second-order valence-corrected chi connectivity index (χ2v) is 31.1. The summed E-state index contributed by atoms with van der Waals surface area (Å²) in [6.07, 6.45) is 1.42. The number of halogens is 6. The topological polar surface area (TPSA) is 194 Å². The van der Waals surface area contributed by atoms with E-state index in [2.05, 4.69) is 96.4 Å². The molecular weight excluding hydrogens is 1250 g/mol. The molecule has 5 saturated carbocycles. The molecule has 5 aromatic rings. The van der Waals surface area contributed by atoms with Crippen molar-refractivity contribution < 1.29 is 82.6 Å². The Hall–Kier alpha value is -6.34. The molecule has 1 saturated heterocycles. The van der Waals surface area contributed by atoms with E-state index in [1.807, 2.05) is 41.5 Å². The molecule has 93 heavy (non-hydrogen) atoms. The Morgan fingerprint density at radius 1 is 0.731 bits per heavy atom. The van der Waals surface area contributed by atoms with Crippen molar-refractivity contribution in [2.24, 2.45) is 39.9 Å². The van der Waals surface area contributed by atoms with Crippen molar-refractivity contribution in [1.29, 1.82) is 0 Å². The molecule has 6 aliphatic rings. The number of rotatable bonds is 15. The third kappa shape index (κ3) is 18.2. The summed E-state index contributed by atoms with van der Waals surface area (Å²) in [6.45, 7) is 21.7. The smallest absolute Gasteiger partial charge is 0.426 e. The van der Waals surface area contributed by atoms with Crippen molar-refractivity contribution in [3.8, 4) is 17.2 Å². The Balaban J connectivity index is 0.000000193. The normalized spacial score (nSPS) is 23.7. The van der Waals surface area contributed by atoms with E-state index in [-0.39, 0.29) is 81.5 Å². The fraction of sp³-hybridized carbons (Fsp3) is 0.569. The zero-order chi connectivity index (χ0) is 69.5. The maximum atomic E-state index is 13.3. The highest BCUT2D eigenvalue weighted by atomic mass is 32.2. The van der Waals surface area contributed by atoms with Crippen LogP contribution in [0.1, 0.15) is 184 Å². The average molecular weight is 1340 g/mol. The van der Waals surface area contributed by atoms with Gasteiger partial charge in [0.25, 0.3) is 0 Å². The number of fused-ring (bicyclic) bond motifs is 3. The largest absolute Gasteiger partial charge is 0.748 e. The van der Waals surface area contributed by atoms with Crippen molar-refractivity contribution in [2.45, 2.75) is 208 Å². The van der Waals surface area contributed by atoms with E-state index in [4.69, 9.17) is 15.9 Å². The van der Waals surface area contributed by atoms with Crippen LogP contribution in [-0.4, -0.2) is 94.7 Å². The lowest BCUT2D eigenvalue weighted by Crippen LogP contribution is -2.61. The number of esters is 3. The minimum Gasteiger partial charge on any atom is -0.748 e. The molecule has 2 amide bonds. The fourth-order valence-electron chi connectivity index (χ4n) is 12.9. The van der Waals surface area contributed by atoms with Crippen molar-refractivity contribution in [1.82, 2.24) is 4.90 Å². The lowest BCUT2D eigenvalue weighted by molar-refractivity contribution is -0.258. The summed E-state index contributed by atoms with van der Waals surface area (Å²) >= 11 is 0. The number of hydrogen-bond donors (Lipinski definition) is 1. The molecule has 2 heterocycles. The lowest BCUT2D eigenvalue weighted by Gasteiger charge is -2.60. The first kappa shape index (κ1) is 75.7. The molecular formula is C72H91F6NO12S2. The van der Waals surface area contributed by atoms with Crippen LogP contribution < -0.4 is 0 Å². The average Bonchev–Trinajstić information content (AvgIpc) is 1.47. The number of alkyl halides is 6. The van der Waals surface area contributed by atoms with Crippen LogP contribution in [0.4, 0.5) is 26.3 Å². The van der Waals surface area contributed by atoms with E-state index >= 15 is 0 Å². The second kappa shape index (κ2) is 29.7. The second-order valence-electron chi connectivity index (χ2n) is 27.7. The predicted molar refractivity (Wildman–Crippen MR) is 347 cm³/mol. The molecule has 11 rings (SSSR count). The molecule has 4 aromatic carbocycles. The van der Waals surface area contributed by atoms with Gasteiger partial charge in [-0.25, -0.2) is 8.42 Å². The van der Waals surface area contributed by atoms with Gasteiger partial charge in [-0.2, -0.15) is 26.3 Å². The summed E-state index contributed by atoms with van der Waals surface area (Å²) in [7, 11) is -5.21. The van der Waals surface area contributed by atoms with Crippen molar-refractivity contribution in [3.05, 3.63) is 114 Å². The molecule has 0 spiro atoms. The summed E-state index contributed by atoms with van der Waals surface area (Å²) in [6, 6.07) is 34.4. The third-order valence-electron chi connectivity index (χ3n) is 19.6. The Bertz CT molecular complexity index is 3500. The van der Waals surface area contributed by atoms with Gasteiger partial charge >= 0.3 is 30.3 Å². The first-order valence-electron chi connectivity index (χ1n) is 32.0. The monoisotopic (exact) mass is 1340 g/mol. The van der Waals surface area contributed by atoms with Gasteiger partial charge in [0.05, 0.1) is 38.7 Å². The van der Waals surface area contributed by atoms with Crippen molar-refractivity contribution >= 4 is 70.5 Å². The molecule has 1 aliphatic heterocycles. The molecule has 5 aliphatic carbocycles. The summed E-state index contributed by atoms with van der Waals surface area (Å²) in [4.78, 5) is 62.7. The number of terminal acetylenes is 1. The third-order valence-corrected chi connectivity index (χ3v) is 22.6. The predicted octanol–water partition coefficient (Wildman–Crippen LogP) is 16.6. The zero-order valence-corrected chi connectivity index (χ0v) is 57.1. The van der Waals surface area contributed by atoms with E-state index in [0.717, 1.165) is 49.5 Å². The van der Waals surface area contributed by atoms with Crippen LogP contribution in [0, 0.1) is 52.3 Å². The number of thiophene rings is 1. The number of likely N-dealkylation sites (tertiary alicyclic amines) is 1. The maximum absolute atomic E-state index is 13.3. The number of carbonyl (C=O) groups is 5. The molecule has 7 unspecified atom stereocenters. The van der Waals surface area contributed by atoms with E-state index in [9.17, 15) is 68.4 Å². The minimum atomic E-state index is -5.27. The molecule has 21 heteroatoms. The highest BCUT2D eigenvalue weighted by molar-refractivity contribution is 7.85. The molecule has 7 atom stereocenters. The minimum absolute atomic E-state index is 0.00100. The van der Waals surface area contributed by atoms with E-state index in [1.54, 1.807) is 39.8 Å². The molecule has 4 bridgehead atoms. The molecule has 510 valence electrons. The van der Waals surface area contributed by atoms with Crippen LogP contribution in [0.25, 0.3) is 25.1 Å². The summed E-state index contributed by atoms with van der Waals surface area (Å²) in [5, 5.41) is 12.3. The number of amides is 2. The number of imide groups is 1. The van der Waals surface area contributed by atoms with E-state index < -0.39 is 68.3 Å². The highest BCUT2D eigenvalue weighted by Crippen LogP contribution is 2.64. The molecule has 1 N–H and O–H groups in total. The number of carbonyl (C=O) groups excluding carboxylic acids is 5. The van der Waals surface area contributed by atoms with Crippen LogP contribution >= 0.6 is 10.5 Å². The van der Waals surface area contributed by atoms with Crippen LogP contribution in [0.3, 0.4) is 0 Å². The highest BCUT2D eigenvalue weighted by Gasteiger charge is 2.64. The van der Waals surface area contributed by atoms with Gasteiger partial charge in [-0.15, -0.1) is 6.42 Å². The number of aliphatic hydroxyl groups is 1. The van der Waals surface area contributed by atoms with Gasteiger partial charge in [0, 0.05) is 39.5 Å². The standard InChI is InChI=1S/C20H29F3O7S.C18H13S.C13H17F3O.C12H22O2.C9H11NO2/c1-4-17(2,3)15(24)30-19-8-12-5-13(9-19)7-18(6-12,11-19)16(25)29-14(20(21,22)23)10-31(26,27)28;1-2-8-14(9-3-1)19-17-12-6-4-10-15(17)16-11-5-7-13-18(16)19;1-4-9(2)10-5-7-11(8-6-10)12(3,17)13(14,15)16;1-5-11(2,3)10(13)14-12(4)8-6-7-9-12;1-4-5-10-8(11)6(2)7(3)9(10)12/h12-14H,4-11H2,1-3H3,(H,26,27,28);1-13H;5-9,17H,4H2,1-3H3;5-9H2,1-4H3;1,6-7H,5H2,2-3H3/q;+1;;;/p-1. The maximum Gasteiger partial charge on any atom is 0.426 e. The van der Waals surface area contributed by atoms with E-state index in [0.29, 0.717) is 38.0 Å². The van der Waals surface area contributed by atoms with Gasteiger partial charge in [0.1, 0.15) is 11.2 Å². The van der Waals surface area contributed by atoms with Gasteiger partial charge in [-0.1, -0.05) is 114 Å². The number of nitrogens with zero attached hydrogens (tertiary/aromatic N) is 1. The molecule has 13 nitrogen and oxygen atoms in total. The molecule has 1 aromatic heterocycles. The number of hydrogen-bond acceptors (Lipinski definition) is 12. The van der Waals surface area contributed by atoms with Crippen LogP contribution in [0.5, 0.6) is 0 Å². The van der Waals surface area contributed by atoms with Gasteiger partial charge in [-0.05, 0) is 184 Å². The summed E-state index contributed by atoms with van der Waals surface area (Å²) in [5.74, 6) is -1.61. The number of benzene rings is 4. The van der Waals surface area contributed by atoms with Gasteiger partial charge in [-0.3, -0.25) is 28.9 Å². The summed E-state index contributed by atoms with van der Waals surface area (Å²) < 4.78 is 129. The summed E-state index contributed by atoms with van der Waals surface area (Å²) in [5.41, 5.74) is -5.40.